The van der Waals surface area contributed by atoms with Crippen LogP contribution in [-0.4, -0.2) is 54.4 Å². The number of primary amides is 1. The summed E-state index contributed by atoms with van der Waals surface area (Å²) in [4.78, 5) is 43.7. The fourth-order valence-electron chi connectivity index (χ4n) is 4.84. The second kappa shape index (κ2) is 8.22. The normalized spacial score (nSPS) is 22.7. The monoisotopic (exact) mass is 500 g/mol. The van der Waals surface area contributed by atoms with Gasteiger partial charge in [0, 0.05) is 17.7 Å². The molecular weight excluding hydrogens is 478 g/mol. The maximum absolute atomic E-state index is 12.7. The van der Waals surface area contributed by atoms with E-state index in [1.54, 1.807) is 24.0 Å². The Morgan fingerprint density at radius 1 is 1.38 bits per heavy atom. The molecule has 12 heteroatoms. The highest BCUT2D eigenvalue weighted by molar-refractivity contribution is 7.99. The average Bonchev–Trinajstić information content (AvgIpc) is 3.37. The van der Waals surface area contributed by atoms with Gasteiger partial charge in [-0.2, -0.15) is 4.40 Å². The van der Waals surface area contributed by atoms with Gasteiger partial charge in [-0.25, -0.2) is 14.3 Å². The summed E-state index contributed by atoms with van der Waals surface area (Å²) < 4.78 is 3.57. The maximum atomic E-state index is 12.7. The number of hydrogen-bond donors (Lipinski definition) is 3. The molecule has 0 radical (unpaired) electrons. The molecule has 0 aromatic carbocycles. The third kappa shape index (κ3) is 3.40. The number of nitrogens with two attached hydrogens (primary N) is 1. The molecule has 2 aliphatic rings. The second-order valence-corrected chi connectivity index (χ2v) is 10.5. The SMILES string of the molecule is C[C@@H](O)[C@H]1C(=O)N2C(C(=O)O)=C(c3cn4c[n+](CC(N)=O)c(Sc5ccccn5)c4s3)[C@H](C)[C@H]12. The van der Waals surface area contributed by atoms with Crippen LogP contribution < -0.4 is 10.3 Å². The quantitative estimate of drug-likeness (QED) is 0.324. The molecule has 3 aromatic heterocycles. The van der Waals surface area contributed by atoms with Crippen molar-refractivity contribution < 1.29 is 29.2 Å². The van der Waals surface area contributed by atoms with Crippen molar-refractivity contribution >= 4 is 51.3 Å². The van der Waals surface area contributed by atoms with Crippen molar-refractivity contribution in [1.29, 1.82) is 0 Å². The number of nitrogens with zero attached hydrogens (tertiary/aromatic N) is 4. The molecule has 0 bridgehead atoms. The Labute approximate surface area is 202 Å². The molecule has 176 valence electrons. The van der Waals surface area contributed by atoms with Crippen LogP contribution in [0.1, 0.15) is 18.7 Å². The molecule has 2 amide bonds. The van der Waals surface area contributed by atoms with E-state index in [4.69, 9.17) is 5.73 Å². The number of aliphatic hydroxyl groups excluding tert-OH is 1. The first-order valence-corrected chi connectivity index (χ1v) is 12.2. The van der Waals surface area contributed by atoms with Crippen molar-refractivity contribution in [2.75, 3.05) is 0 Å². The highest BCUT2D eigenvalue weighted by Gasteiger charge is 2.60. The number of aliphatic hydroxyl groups is 1. The molecule has 0 saturated carbocycles. The van der Waals surface area contributed by atoms with Gasteiger partial charge >= 0.3 is 5.97 Å². The molecule has 3 aromatic rings. The zero-order valence-electron chi connectivity index (χ0n) is 18.3. The number of hydrogen-bond acceptors (Lipinski definition) is 7. The molecule has 4 N–H and O–H groups in total. The van der Waals surface area contributed by atoms with E-state index < -0.39 is 29.9 Å². The number of carbonyl (C=O) groups is 3. The molecule has 1 fully saturated rings. The van der Waals surface area contributed by atoms with Crippen LogP contribution in [0, 0.1) is 11.8 Å². The molecule has 4 atom stereocenters. The molecule has 0 aliphatic carbocycles. The lowest BCUT2D eigenvalue weighted by Gasteiger charge is -2.46. The van der Waals surface area contributed by atoms with E-state index in [1.165, 1.54) is 28.0 Å². The Kier molecular flexibility index (Phi) is 5.46. The van der Waals surface area contributed by atoms with Crippen molar-refractivity contribution in [3.63, 3.8) is 0 Å². The van der Waals surface area contributed by atoms with Crippen LogP contribution in [0.4, 0.5) is 0 Å². The fourth-order valence-corrected chi connectivity index (χ4v) is 7.15. The summed E-state index contributed by atoms with van der Waals surface area (Å²) in [6.07, 6.45) is 4.36. The molecule has 5 heterocycles. The van der Waals surface area contributed by atoms with Crippen LogP contribution >= 0.6 is 23.1 Å². The highest BCUT2D eigenvalue weighted by atomic mass is 32.2. The predicted molar refractivity (Wildman–Crippen MR) is 123 cm³/mol. The zero-order chi connectivity index (χ0) is 24.3. The molecule has 0 spiro atoms. The minimum absolute atomic E-state index is 0.0151. The number of aliphatic carboxylic acids is 1. The van der Waals surface area contributed by atoms with Gasteiger partial charge in [0.05, 0.1) is 22.9 Å². The van der Waals surface area contributed by atoms with Gasteiger partial charge in [-0.3, -0.25) is 9.59 Å². The summed E-state index contributed by atoms with van der Waals surface area (Å²) in [5.74, 6) is -2.92. The van der Waals surface area contributed by atoms with E-state index in [1.807, 2.05) is 35.7 Å². The first kappa shape index (κ1) is 22.6. The Balaban J connectivity index is 1.62. The predicted octanol–water partition coefficient (Wildman–Crippen LogP) is 0.973. The molecule has 5 rings (SSSR count). The van der Waals surface area contributed by atoms with Crippen LogP contribution in [0.2, 0.25) is 0 Å². The summed E-state index contributed by atoms with van der Waals surface area (Å²) in [6, 6.07) is 5.14. The lowest BCUT2D eigenvalue weighted by molar-refractivity contribution is -0.717. The summed E-state index contributed by atoms with van der Waals surface area (Å²) >= 11 is 2.75. The molecule has 1 saturated heterocycles. The van der Waals surface area contributed by atoms with Crippen LogP contribution in [0.25, 0.3) is 10.4 Å². The topological polar surface area (TPSA) is 142 Å². The number of carboxylic acids is 1. The van der Waals surface area contributed by atoms with Crippen molar-refractivity contribution in [2.45, 2.75) is 42.6 Å². The van der Waals surface area contributed by atoms with E-state index in [-0.39, 0.29) is 24.1 Å². The first-order chi connectivity index (χ1) is 16.2. The third-order valence-corrected chi connectivity index (χ3v) is 8.55. The van der Waals surface area contributed by atoms with Crippen LogP contribution in [0.5, 0.6) is 0 Å². The van der Waals surface area contributed by atoms with Gasteiger partial charge in [0.2, 0.25) is 15.8 Å². The van der Waals surface area contributed by atoms with Gasteiger partial charge in [-0.15, -0.1) is 0 Å². The zero-order valence-corrected chi connectivity index (χ0v) is 19.9. The van der Waals surface area contributed by atoms with E-state index >= 15 is 0 Å². The molecule has 2 aliphatic heterocycles. The summed E-state index contributed by atoms with van der Waals surface area (Å²) in [7, 11) is 0. The maximum Gasteiger partial charge on any atom is 0.352 e. The Hall–Kier alpha value is -3.22. The number of rotatable bonds is 7. The fraction of sp³-hybridized carbons (Fsp3) is 0.318. The van der Waals surface area contributed by atoms with E-state index in [2.05, 4.69) is 4.98 Å². The summed E-state index contributed by atoms with van der Waals surface area (Å²) in [5.41, 5.74) is 5.98. The molecule has 34 heavy (non-hydrogen) atoms. The Morgan fingerprint density at radius 3 is 2.76 bits per heavy atom. The van der Waals surface area contributed by atoms with Crippen LogP contribution in [0.3, 0.4) is 0 Å². The summed E-state index contributed by atoms with van der Waals surface area (Å²) in [6.45, 7) is 3.42. The van der Waals surface area contributed by atoms with Gasteiger partial charge < -0.3 is 20.8 Å². The number of fused-ring (bicyclic) bond motifs is 2. The van der Waals surface area contributed by atoms with Crippen molar-refractivity contribution in [3.05, 3.63) is 47.5 Å². The lowest BCUT2D eigenvalue weighted by atomic mass is 9.77. The highest BCUT2D eigenvalue weighted by Crippen LogP contribution is 2.51. The van der Waals surface area contributed by atoms with Gasteiger partial charge in [-0.05, 0) is 30.8 Å². The number of carbonyl (C=O) groups excluding carboxylic acids is 2. The van der Waals surface area contributed by atoms with Gasteiger partial charge in [0.25, 0.3) is 12.2 Å². The molecule has 0 unspecified atom stereocenters. The smallest absolute Gasteiger partial charge is 0.352 e. The van der Waals surface area contributed by atoms with Crippen molar-refractivity contribution in [3.8, 4) is 0 Å². The van der Waals surface area contributed by atoms with Crippen LogP contribution in [-0.2, 0) is 20.9 Å². The Morgan fingerprint density at radius 2 is 2.15 bits per heavy atom. The standard InChI is InChI=1S/C22H21N5O5S2/c1-10-15(18(22(31)32)27-17(10)16(11(2)28)19(27)30)12-7-25-9-26(8-13(23)29)21(20(25)33-12)34-14-5-3-4-6-24-14/h3-7,9-11,16-17,28H,8H2,1-2H3,(H2-,23,29,31,32)/p+1/t10-,11+,16+,17+/m0/s1. The third-order valence-electron chi connectivity index (χ3n) is 6.21. The number of amides is 2. The number of imidazole rings is 1. The first-order valence-electron chi connectivity index (χ1n) is 10.6. The largest absolute Gasteiger partial charge is 0.477 e. The number of thiazole rings is 1. The molecule has 10 nitrogen and oxygen atoms in total. The van der Waals surface area contributed by atoms with Gasteiger partial charge in [0.1, 0.15) is 16.9 Å². The average molecular weight is 501 g/mol. The minimum Gasteiger partial charge on any atom is -0.477 e. The number of β-lactam (4-membered cyclic amide) rings is 1. The van der Waals surface area contributed by atoms with Gasteiger partial charge in [-0.1, -0.05) is 24.3 Å². The number of pyridine rings is 1. The van der Waals surface area contributed by atoms with Crippen LogP contribution in [0.15, 0.2) is 52.7 Å². The van der Waals surface area contributed by atoms with E-state index in [9.17, 15) is 24.6 Å². The number of carboxylic acid groups (broad SMARTS) is 1. The van der Waals surface area contributed by atoms with E-state index in [0.717, 1.165) is 14.9 Å². The minimum atomic E-state index is -1.17. The van der Waals surface area contributed by atoms with Crippen molar-refractivity contribution in [2.24, 2.45) is 17.6 Å². The summed E-state index contributed by atoms with van der Waals surface area (Å²) in [5, 5.41) is 21.5. The molecular formula is C22H22N5O5S2+. The van der Waals surface area contributed by atoms with E-state index in [0.29, 0.717) is 10.5 Å². The second-order valence-electron chi connectivity index (χ2n) is 8.41. The lowest BCUT2D eigenvalue weighted by Crippen LogP contribution is -2.63. The number of aromatic nitrogens is 3. The van der Waals surface area contributed by atoms with Gasteiger partial charge in [0.15, 0.2) is 6.54 Å². The Bertz CT molecular complexity index is 1360. The van der Waals surface area contributed by atoms with Crippen molar-refractivity contribution in [1.82, 2.24) is 14.3 Å².